The van der Waals surface area contributed by atoms with Crippen LogP contribution in [0.2, 0.25) is 0 Å². The second kappa shape index (κ2) is 8.25. The fourth-order valence-electron chi connectivity index (χ4n) is 3.89. The summed E-state index contributed by atoms with van der Waals surface area (Å²) in [7, 11) is -0.563. The average molecular weight is 432 g/mol. The number of ether oxygens (including phenoxy) is 3. The van der Waals surface area contributed by atoms with Crippen molar-refractivity contribution in [1.82, 2.24) is 4.31 Å². The molecule has 1 amide bonds. The number of hydrogen-bond donors (Lipinski definition) is 0. The van der Waals surface area contributed by atoms with Crippen LogP contribution in [0.25, 0.3) is 0 Å². The molecule has 1 saturated heterocycles. The molecule has 160 valence electrons. The first kappa shape index (κ1) is 20.6. The van der Waals surface area contributed by atoms with Crippen molar-refractivity contribution in [2.45, 2.75) is 11.3 Å². The number of hydrogen-bond acceptors (Lipinski definition) is 6. The van der Waals surface area contributed by atoms with Crippen LogP contribution in [-0.4, -0.2) is 65.7 Å². The molecule has 0 unspecified atom stereocenters. The van der Waals surface area contributed by atoms with Crippen LogP contribution in [0.4, 0.5) is 5.69 Å². The van der Waals surface area contributed by atoms with Crippen molar-refractivity contribution >= 4 is 21.6 Å². The summed E-state index contributed by atoms with van der Waals surface area (Å²) in [5.41, 5.74) is 1.94. The van der Waals surface area contributed by atoms with E-state index in [0.717, 1.165) is 5.56 Å². The maximum Gasteiger partial charge on any atom is 0.262 e. The summed E-state index contributed by atoms with van der Waals surface area (Å²) in [4.78, 5) is 15.1. The standard InChI is InChI=1S/C21H24N2O6S/c1-27-19-5-3-4-17(20(19)28-2)21(24)23-9-8-15-14-16(6-7-18(15)23)30(25,26)22-10-12-29-13-11-22/h3-7,14H,8-13H2,1-2H3. The predicted molar refractivity (Wildman–Crippen MR) is 111 cm³/mol. The van der Waals surface area contributed by atoms with Crippen LogP contribution in [0.15, 0.2) is 41.3 Å². The zero-order chi connectivity index (χ0) is 21.3. The molecule has 0 N–H and O–H groups in total. The lowest BCUT2D eigenvalue weighted by atomic mass is 10.1. The lowest BCUT2D eigenvalue weighted by molar-refractivity contribution is 0.0730. The third-order valence-electron chi connectivity index (χ3n) is 5.43. The van der Waals surface area contributed by atoms with Crippen LogP contribution in [0.5, 0.6) is 11.5 Å². The van der Waals surface area contributed by atoms with E-state index in [2.05, 4.69) is 0 Å². The minimum atomic E-state index is -3.58. The van der Waals surface area contributed by atoms with Gasteiger partial charge in [0.1, 0.15) is 0 Å². The van der Waals surface area contributed by atoms with Gasteiger partial charge in [-0.1, -0.05) is 6.07 Å². The van der Waals surface area contributed by atoms with Crippen LogP contribution >= 0.6 is 0 Å². The summed E-state index contributed by atoms with van der Waals surface area (Å²) in [6.07, 6.45) is 0.583. The maximum atomic E-state index is 13.2. The third-order valence-corrected chi connectivity index (χ3v) is 7.33. The largest absolute Gasteiger partial charge is 0.493 e. The summed E-state index contributed by atoms with van der Waals surface area (Å²) >= 11 is 0. The zero-order valence-corrected chi connectivity index (χ0v) is 17.8. The summed E-state index contributed by atoms with van der Waals surface area (Å²) < 4.78 is 43.3. The average Bonchev–Trinajstić information content (AvgIpc) is 3.21. The Morgan fingerprint density at radius 1 is 1.03 bits per heavy atom. The van der Waals surface area contributed by atoms with Gasteiger partial charge in [-0.2, -0.15) is 4.31 Å². The lowest BCUT2D eigenvalue weighted by Gasteiger charge is -2.26. The SMILES string of the molecule is COc1cccc(C(=O)N2CCc3cc(S(=O)(=O)N4CCOCC4)ccc32)c1OC. The first-order chi connectivity index (χ1) is 14.5. The summed E-state index contributed by atoms with van der Waals surface area (Å²) in [6, 6.07) is 10.1. The molecule has 2 heterocycles. The van der Waals surface area contributed by atoms with E-state index in [4.69, 9.17) is 14.2 Å². The lowest BCUT2D eigenvalue weighted by Crippen LogP contribution is -2.40. The molecule has 0 bridgehead atoms. The van der Waals surface area contributed by atoms with Gasteiger partial charge in [0.05, 0.1) is 37.9 Å². The van der Waals surface area contributed by atoms with Crippen molar-refractivity contribution in [3.8, 4) is 11.5 Å². The van der Waals surface area contributed by atoms with Gasteiger partial charge >= 0.3 is 0 Å². The fraction of sp³-hybridized carbons (Fsp3) is 0.381. The second-order valence-corrected chi connectivity index (χ2v) is 8.99. The zero-order valence-electron chi connectivity index (χ0n) is 17.0. The molecule has 2 aliphatic rings. The van der Waals surface area contributed by atoms with Gasteiger partial charge in [-0.3, -0.25) is 4.79 Å². The number of methoxy groups -OCH3 is 2. The molecule has 0 spiro atoms. The normalized spacial score (nSPS) is 16.9. The maximum absolute atomic E-state index is 13.2. The number of anilines is 1. The van der Waals surface area contributed by atoms with Crippen molar-refractivity contribution in [2.75, 3.05) is 52.0 Å². The number of para-hydroxylation sites is 1. The second-order valence-electron chi connectivity index (χ2n) is 7.05. The molecule has 2 aliphatic heterocycles. The minimum Gasteiger partial charge on any atom is -0.493 e. The van der Waals surface area contributed by atoms with E-state index in [9.17, 15) is 13.2 Å². The Hall–Kier alpha value is -2.62. The highest BCUT2D eigenvalue weighted by Gasteiger charge is 2.31. The van der Waals surface area contributed by atoms with E-state index in [-0.39, 0.29) is 10.8 Å². The molecule has 0 saturated carbocycles. The Kier molecular flexibility index (Phi) is 5.68. The third kappa shape index (κ3) is 3.53. The van der Waals surface area contributed by atoms with Gasteiger partial charge in [0.25, 0.3) is 5.91 Å². The molecular formula is C21H24N2O6S. The molecular weight excluding hydrogens is 408 g/mol. The Bertz CT molecular complexity index is 1060. The van der Waals surface area contributed by atoms with Gasteiger partial charge in [0.2, 0.25) is 10.0 Å². The first-order valence-electron chi connectivity index (χ1n) is 9.71. The Balaban J connectivity index is 1.64. The molecule has 30 heavy (non-hydrogen) atoms. The van der Waals surface area contributed by atoms with E-state index >= 15 is 0 Å². The van der Waals surface area contributed by atoms with Crippen LogP contribution in [0.3, 0.4) is 0 Å². The molecule has 0 radical (unpaired) electrons. The van der Waals surface area contributed by atoms with Crippen molar-refractivity contribution < 1.29 is 27.4 Å². The van der Waals surface area contributed by atoms with Crippen molar-refractivity contribution in [3.05, 3.63) is 47.5 Å². The van der Waals surface area contributed by atoms with Gasteiger partial charge in [0.15, 0.2) is 11.5 Å². The van der Waals surface area contributed by atoms with Crippen LogP contribution in [-0.2, 0) is 21.2 Å². The number of benzene rings is 2. The van der Waals surface area contributed by atoms with Crippen LogP contribution < -0.4 is 14.4 Å². The highest BCUT2D eigenvalue weighted by molar-refractivity contribution is 7.89. The number of sulfonamides is 1. The molecule has 8 nitrogen and oxygen atoms in total. The monoisotopic (exact) mass is 432 g/mol. The fourth-order valence-corrected chi connectivity index (χ4v) is 5.35. The number of morpholine rings is 1. The number of carbonyl (C=O) groups excluding carboxylic acids is 1. The smallest absolute Gasteiger partial charge is 0.262 e. The van der Waals surface area contributed by atoms with Crippen molar-refractivity contribution in [3.63, 3.8) is 0 Å². The van der Waals surface area contributed by atoms with Crippen molar-refractivity contribution in [2.24, 2.45) is 0 Å². The molecule has 2 aromatic rings. The van der Waals surface area contributed by atoms with Crippen LogP contribution in [0.1, 0.15) is 15.9 Å². The molecule has 0 aliphatic carbocycles. The molecule has 0 aromatic heterocycles. The molecule has 2 aromatic carbocycles. The van der Waals surface area contributed by atoms with Crippen LogP contribution in [0, 0.1) is 0 Å². The van der Waals surface area contributed by atoms with Gasteiger partial charge < -0.3 is 19.1 Å². The highest BCUT2D eigenvalue weighted by Crippen LogP contribution is 2.36. The number of rotatable bonds is 5. The van der Waals surface area contributed by atoms with E-state index in [0.29, 0.717) is 62.0 Å². The molecule has 1 fully saturated rings. The Morgan fingerprint density at radius 2 is 1.80 bits per heavy atom. The Morgan fingerprint density at radius 3 is 2.50 bits per heavy atom. The molecule has 0 atom stereocenters. The van der Waals surface area contributed by atoms with Gasteiger partial charge in [-0.05, 0) is 42.3 Å². The van der Waals surface area contributed by atoms with E-state index in [1.54, 1.807) is 41.3 Å². The van der Waals surface area contributed by atoms with Gasteiger partial charge in [-0.25, -0.2) is 8.42 Å². The minimum absolute atomic E-state index is 0.215. The summed E-state index contributed by atoms with van der Waals surface area (Å²) in [5, 5.41) is 0. The van der Waals surface area contributed by atoms with Gasteiger partial charge in [-0.15, -0.1) is 0 Å². The van der Waals surface area contributed by atoms with E-state index in [1.807, 2.05) is 0 Å². The molecule has 9 heteroatoms. The number of carbonyl (C=O) groups is 1. The topological polar surface area (TPSA) is 85.4 Å². The van der Waals surface area contributed by atoms with Gasteiger partial charge in [0, 0.05) is 25.3 Å². The first-order valence-corrected chi connectivity index (χ1v) is 11.1. The quantitative estimate of drug-likeness (QED) is 0.718. The van der Waals surface area contributed by atoms with E-state index < -0.39 is 10.0 Å². The highest BCUT2D eigenvalue weighted by atomic mass is 32.2. The molecule has 4 rings (SSSR count). The van der Waals surface area contributed by atoms with Crippen molar-refractivity contribution in [1.29, 1.82) is 0 Å². The summed E-state index contributed by atoms with van der Waals surface area (Å²) in [5.74, 6) is 0.646. The number of nitrogens with zero attached hydrogens (tertiary/aromatic N) is 2. The summed E-state index contributed by atoms with van der Waals surface area (Å²) in [6.45, 7) is 1.96. The number of amides is 1. The Labute approximate surface area is 176 Å². The van der Waals surface area contributed by atoms with E-state index in [1.165, 1.54) is 18.5 Å². The predicted octanol–water partition coefficient (Wildman–Crippen LogP) is 1.93. The number of fused-ring (bicyclic) bond motifs is 1.